The van der Waals surface area contributed by atoms with E-state index in [4.69, 9.17) is 0 Å². The van der Waals surface area contributed by atoms with Gasteiger partial charge in [-0.25, -0.2) is 0 Å². The van der Waals surface area contributed by atoms with Crippen LogP contribution in [0.4, 0.5) is 0 Å². The predicted molar refractivity (Wildman–Crippen MR) is 14.3 cm³/mol. The van der Waals surface area contributed by atoms with Crippen LogP contribution >= 0.6 is 0 Å². The molecule has 8 nitrogen and oxygen atoms in total. The van der Waals surface area contributed by atoms with Gasteiger partial charge < -0.3 is 43.8 Å². The molecule has 0 heterocycles. The van der Waals surface area contributed by atoms with Crippen LogP contribution in [0.3, 0.4) is 0 Å². The Labute approximate surface area is 81.2 Å². The third-order valence-electron chi connectivity index (χ3n) is 0. The molecule has 0 bridgehead atoms. The summed E-state index contributed by atoms with van der Waals surface area (Å²) < 4.78 is 0. The summed E-state index contributed by atoms with van der Waals surface area (Å²) in [5.41, 5.74) is 0. The summed E-state index contributed by atoms with van der Waals surface area (Å²) in [4.78, 5) is 0. The van der Waals surface area contributed by atoms with Gasteiger partial charge in [0.25, 0.3) is 0 Å². The van der Waals surface area contributed by atoms with Crippen molar-refractivity contribution in [1.82, 2.24) is 0 Å². The van der Waals surface area contributed by atoms with Crippen molar-refractivity contribution in [2.24, 2.45) is 0 Å². The van der Waals surface area contributed by atoms with Crippen molar-refractivity contribution in [2.45, 2.75) is 0 Å². The zero-order valence-electron chi connectivity index (χ0n) is 4.44. The molecule has 2 radical (unpaired) electrons. The molecular weight excluding hydrogens is 230 g/mol. The van der Waals surface area contributed by atoms with Gasteiger partial charge in [0.2, 0.25) is 0 Å². The Hall–Kier alpha value is 0.849. The van der Waals surface area contributed by atoms with Gasteiger partial charge in [-0.1, -0.05) is 0 Å². The van der Waals surface area contributed by atoms with Crippen molar-refractivity contribution in [3.05, 3.63) is 0 Å². The summed E-state index contributed by atoms with van der Waals surface area (Å²) in [6.07, 6.45) is 0. The molecule has 0 aromatic rings. The van der Waals surface area contributed by atoms with Crippen molar-refractivity contribution in [3.8, 4) is 0 Å². The summed E-state index contributed by atoms with van der Waals surface area (Å²) in [5, 5.41) is 0. The first-order chi connectivity index (χ1) is 0. The molecule has 0 rings (SSSR count). The summed E-state index contributed by atoms with van der Waals surface area (Å²) in [5.74, 6) is 0. The van der Waals surface area contributed by atoms with Gasteiger partial charge in [-0.3, -0.25) is 0 Å². The maximum absolute atomic E-state index is 0. The molecular formula is H6O8V2-10. The summed E-state index contributed by atoms with van der Waals surface area (Å²) >= 11 is 0. The second kappa shape index (κ2) is 1070. The van der Waals surface area contributed by atoms with E-state index in [1.54, 1.807) is 0 Å². The van der Waals surface area contributed by atoms with Crippen LogP contribution in [0.5, 0.6) is 0 Å². The van der Waals surface area contributed by atoms with Gasteiger partial charge >= 0.3 is 0 Å². The molecule has 0 aromatic carbocycles. The van der Waals surface area contributed by atoms with E-state index in [0.29, 0.717) is 0 Å². The van der Waals surface area contributed by atoms with Gasteiger partial charge in [0.15, 0.2) is 0 Å². The Kier molecular flexibility index (Phi) is 156000. The third-order valence-corrected chi connectivity index (χ3v) is 0. The largest absolute Gasteiger partial charge is 2.00 e. The Morgan fingerprint density at radius 1 is 0.300 bits per heavy atom. The van der Waals surface area contributed by atoms with E-state index in [1.807, 2.05) is 0 Å². The second-order valence-electron chi connectivity index (χ2n) is 0. The van der Waals surface area contributed by atoms with Crippen molar-refractivity contribution in [3.63, 3.8) is 0 Å². The summed E-state index contributed by atoms with van der Waals surface area (Å²) in [6.45, 7) is 0. The average Bonchev–Trinajstić information content (AvgIpc) is 0. The Morgan fingerprint density at radius 2 is 0.300 bits per heavy atom. The zero-order chi connectivity index (χ0) is 0. The maximum atomic E-state index is 0. The van der Waals surface area contributed by atoms with E-state index in [1.165, 1.54) is 0 Å². The fourth-order valence-electron chi connectivity index (χ4n) is 0. The molecule has 0 unspecified atom stereocenters. The van der Waals surface area contributed by atoms with Crippen LogP contribution in [0.25, 0.3) is 0 Å². The molecule has 0 aliphatic heterocycles. The number of hydrogen-bond donors (Lipinski definition) is 0. The minimum atomic E-state index is 0. The molecule has 0 aromatic heterocycles. The molecule has 0 aliphatic carbocycles. The topological polar surface area (TPSA) is 237 Å². The first-order valence-corrected chi connectivity index (χ1v) is 0. The summed E-state index contributed by atoms with van der Waals surface area (Å²) in [7, 11) is 0. The fraction of sp³-hybridized carbons (Fsp3) is 0. The molecule has 74 valence electrons. The van der Waals surface area contributed by atoms with Crippen LogP contribution in [0.15, 0.2) is 0 Å². The van der Waals surface area contributed by atoms with Crippen LogP contribution in [0, 0.1) is 0 Å². The molecule has 6 N–H and O–H groups in total. The molecule has 0 atom stereocenters. The Bertz CT molecular complexity index is 7.22. The maximum Gasteiger partial charge on any atom is 0 e. The van der Waals surface area contributed by atoms with Gasteiger partial charge in [-0.2, -0.15) is 0 Å². The van der Waals surface area contributed by atoms with Gasteiger partial charge in [-0.15, -0.1) is 0 Å². The first kappa shape index (κ1) is 1460. The normalized spacial score (nSPS) is 0. The number of hydrogen-bond acceptors (Lipinski definition) is 0. The van der Waals surface area contributed by atoms with E-state index < -0.39 is 0 Å². The molecule has 0 fully saturated rings. The molecule has 0 aliphatic rings. The second-order valence-corrected chi connectivity index (χ2v) is 0. The number of rotatable bonds is 0. The van der Waals surface area contributed by atoms with Crippen LogP contribution in [0.1, 0.15) is 0 Å². The molecule has 0 spiro atoms. The van der Waals surface area contributed by atoms with E-state index in [9.17, 15) is 0 Å². The molecule has 0 amide bonds. The van der Waals surface area contributed by atoms with E-state index >= 15 is 0 Å². The van der Waals surface area contributed by atoms with Gasteiger partial charge in [0, 0.05) is 37.1 Å². The summed E-state index contributed by atoms with van der Waals surface area (Å²) in [6, 6.07) is 0. The van der Waals surface area contributed by atoms with Crippen molar-refractivity contribution in [2.75, 3.05) is 0 Å². The van der Waals surface area contributed by atoms with Crippen molar-refractivity contribution >= 4 is 0 Å². The van der Waals surface area contributed by atoms with Gasteiger partial charge in [-0.05, 0) is 0 Å². The van der Waals surface area contributed by atoms with Gasteiger partial charge in [0.1, 0.15) is 0 Å². The molecule has 10 heavy (non-hydrogen) atoms. The van der Waals surface area contributed by atoms with E-state index in [0.717, 1.165) is 0 Å². The predicted octanol–water partition coefficient (Wildman–Crippen LogP) is -3.07. The van der Waals surface area contributed by atoms with Crippen molar-refractivity contribution in [1.29, 1.82) is 0 Å². The van der Waals surface area contributed by atoms with Crippen LogP contribution in [-0.4, -0.2) is 16.4 Å². The van der Waals surface area contributed by atoms with Crippen LogP contribution < -0.4 is 0 Å². The Morgan fingerprint density at radius 3 is 0.300 bits per heavy atom. The SMILES string of the molecule is O.O.O.[O-2].[O-2].[O-2].[O-2].[O-2].[V].[V]. The molecule has 0 saturated heterocycles. The quantitative estimate of drug-likeness (QED) is 0.406. The van der Waals surface area contributed by atoms with Crippen LogP contribution in [0.2, 0.25) is 0 Å². The zero-order valence-corrected chi connectivity index (χ0v) is 7.23. The third kappa shape index (κ3) is 757. The van der Waals surface area contributed by atoms with Gasteiger partial charge in [0.05, 0.1) is 0 Å². The van der Waals surface area contributed by atoms with Crippen molar-refractivity contribution < 1.29 is 80.9 Å². The fourth-order valence-corrected chi connectivity index (χ4v) is 0. The van der Waals surface area contributed by atoms with Crippen LogP contribution in [-0.2, 0) is 64.5 Å². The minimum Gasteiger partial charge on any atom is -2.00 e. The average molecular weight is 236 g/mol. The monoisotopic (exact) mass is 236 g/mol. The smallest absolute Gasteiger partial charge is 0 e. The molecule has 10 heteroatoms. The standard InChI is InChI=1S/3H2O.5O.2V/h3*1H2;;;;;;;/q;;;5*-2;;. The molecule has 0 saturated carbocycles. The minimum absolute atomic E-state index is 0. The first-order valence-electron chi connectivity index (χ1n) is 0. The van der Waals surface area contributed by atoms with E-state index in [-0.39, 0.29) is 80.9 Å². The Balaban J connectivity index is 0. The van der Waals surface area contributed by atoms with E-state index in [2.05, 4.69) is 0 Å².